The Balaban J connectivity index is 1.71. The van der Waals surface area contributed by atoms with Gasteiger partial charge in [-0.2, -0.15) is 0 Å². The van der Waals surface area contributed by atoms with E-state index in [4.69, 9.17) is 4.74 Å². The molecule has 2 aromatic rings. The molecule has 0 aliphatic carbocycles. The summed E-state index contributed by atoms with van der Waals surface area (Å²) in [5.41, 5.74) is 2.09. The van der Waals surface area contributed by atoms with Gasteiger partial charge in [0.2, 0.25) is 0 Å². The van der Waals surface area contributed by atoms with Crippen LogP contribution in [-0.2, 0) is 11.4 Å². The highest BCUT2D eigenvalue weighted by atomic mass is 127. The molecule has 0 bridgehead atoms. The van der Waals surface area contributed by atoms with Gasteiger partial charge in [0.15, 0.2) is 0 Å². The average Bonchev–Trinajstić information content (AvgIpc) is 2.90. The van der Waals surface area contributed by atoms with Gasteiger partial charge in [0.25, 0.3) is 5.91 Å². The Hall–Kier alpha value is -2.13. The molecule has 7 heteroatoms. The van der Waals surface area contributed by atoms with Crippen molar-refractivity contribution in [1.82, 2.24) is 10.2 Å². The summed E-state index contributed by atoms with van der Waals surface area (Å²) in [5, 5.41) is 2.58. The molecule has 5 nitrogen and oxygen atoms in total. The van der Waals surface area contributed by atoms with Crippen LogP contribution in [0.15, 0.2) is 65.3 Å². The third-order valence-electron chi connectivity index (χ3n) is 3.85. The monoisotopic (exact) mass is 538 g/mol. The van der Waals surface area contributed by atoms with Gasteiger partial charge in [-0.15, -0.1) is 6.58 Å². The summed E-state index contributed by atoms with van der Waals surface area (Å²) in [6, 6.07) is 13.2. The Bertz CT molecular complexity index is 925. The van der Waals surface area contributed by atoms with Crippen LogP contribution in [0.25, 0.3) is 6.08 Å². The molecule has 0 unspecified atom stereocenters. The number of ether oxygens (including phenoxy) is 1. The number of rotatable bonds is 6. The van der Waals surface area contributed by atoms with Crippen molar-refractivity contribution < 1.29 is 14.3 Å². The molecule has 1 N–H and O–H groups in total. The Kier molecular flexibility index (Phi) is 6.33. The van der Waals surface area contributed by atoms with Crippen LogP contribution in [-0.4, -0.2) is 23.4 Å². The number of imide groups is 1. The van der Waals surface area contributed by atoms with E-state index in [-0.39, 0.29) is 18.1 Å². The second-order valence-electron chi connectivity index (χ2n) is 5.80. The molecule has 1 heterocycles. The lowest BCUT2D eigenvalue weighted by molar-refractivity contribution is -0.122. The van der Waals surface area contributed by atoms with Gasteiger partial charge in [0, 0.05) is 10.1 Å². The number of hydrogen-bond acceptors (Lipinski definition) is 3. The molecule has 1 aliphatic heterocycles. The summed E-state index contributed by atoms with van der Waals surface area (Å²) in [7, 11) is 0. The number of benzene rings is 2. The maximum absolute atomic E-state index is 12.2. The van der Waals surface area contributed by atoms with Crippen LogP contribution in [0, 0.1) is 3.57 Å². The number of urea groups is 1. The van der Waals surface area contributed by atoms with E-state index in [9.17, 15) is 9.59 Å². The van der Waals surface area contributed by atoms with E-state index in [2.05, 4.69) is 50.4 Å². The number of carbonyl (C=O) groups is 2. The van der Waals surface area contributed by atoms with Crippen molar-refractivity contribution in [3.8, 4) is 5.75 Å². The van der Waals surface area contributed by atoms with E-state index in [0.29, 0.717) is 12.4 Å². The lowest BCUT2D eigenvalue weighted by atomic mass is 10.2. The van der Waals surface area contributed by atoms with E-state index >= 15 is 0 Å². The van der Waals surface area contributed by atoms with Gasteiger partial charge in [-0.1, -0.05) is 24.3 Å². The normalized spacial score (nSPS) is 15.2. The summed E-state index contributed by atoms with van der Waals surface area (Å²) >= 11 is 5.76. The molecule has 3 amide bonds. The zero-order valence-electron chi connectivity index (χ0n) is 14.2. The van der Waals surface area contributed by atoms with Crippen LogP contribution in [0.1, 0.15) is 11.1 Å². The molecule has 2 aromatic carbocycles. The smallest absolute Gasteiger partial charge is 0.329 e. The summed E-state index contributed by atoms with van der Waals surface area (Å²) in [5.74, 6) is 0.334. The minimum Gasteiger partial charge on any atom is -0.488 e. The number of hydrogen-bond donors (Lipinski definition) is 1. The first-order chi connectivity index (χ1) is 13.0. The van der Waals surface area contributed by atoms with Crippen molar-refractivity contribution in [1.29, 1.82) is 0 Å². The summed E-state index contributed by atoms with van der Waals surface area (Å²) in [6.07, 6.45) is 3.15. The minimum absolute atomic E-state index is 0.178. The molecule has 27 heavy (non-hydrogen) atoms. The molecule has 1 fully saturated rings. The first-order valence-electron chi connectivity index (χ1n) is 8.10. The van der Waals surface area contributed by atoms with E-state index in [1.54, 1.807) is 6.08 Å². The van der Waals surface area contributed by atoms with Gasteiger partial charge in [-0.3, -0.25) is 9.69 Å². The third kappa shape index (κ3) is 4.78. The van der Waals surface area contributed by atoms with Gasteiger partial charge in [0.05, 0.1) is 4.47 Å². The molecular formula is C20H16BrIN2O3. The summed E-state index contributed by atoms with van der Waals surface area (Å²) < 4.78 is 7.79. The lowest BCUT2D eigenvalue weighted by Gasteiger charge is -2.09. The Labute approximate surface area is 179 Å². The maximum atomic E-state index is 12.2. The SMILES string of the molecule is C=CCN1C(=O)N/C(=C/c2ccc(OCc3ccc(I)cc3)c(Br)c2)C1=O. The van der Waals surface area contributed by atoms with Crippen LogP contribution in [0.5, 0.6) is 5.75 Å². The highest BCUT2D eigenvalue weighted by Crippen LogP contribution is 2.28. The first-order valence-corrected chi connectivity index (χ1v) is 9.97. The largest absolute Gasteiger partial charge is 0.488 e. The number of nitrogens with zero attached hydrogens (tertiary/aromatic N) is 1. The molecule has 0 saturated carbocycles. The second kappa shape index (κ2) is 8.71. The van der Waals surface area contributed by atoms with E-state index < -0.39 is 6.03 Å². The van der Waals surface area contributed by atoms with E-state index in [1.165, 1.54) is 9.65 Å². The van der Waals surface area contributed by atoms with Gasteiger partial charge in [-0.25, -0.2) is 4.79 Å². The lowest BCUT2D eigenvalue weighted by Crippen LogP contribution is -2.30. The summed E-state index contributed by atoms with van der Waals surface area (Å²) in [4.78, 5) is 25.2. The topological polar surface area (TPSA) is 58.6 Å². The predicted octanol–water partition coefficient (Wildman–Crippen LogP) is 4.71. The fourth-order valence-corrected chi connectivity index (χ4v) is 3.37. The zero-order valence-corrected chi connectivity index (χ0v) is 18.0. The molecular weight excluding hydrogens is 523 g/mol. The van der Waals surface area contributed by atoms with Gasteiger partial charge < -0.3 is 10.1 Å². The van der Waals surface area contributed by atoms with Crippen LogP contribution in [0.4, 0.5) is 4.79 Å². The van der Waals surface area contributed by atoms with Crippen molar-refractivity contribution in [3.63, 3.8) is 0 Å². The predicted molar refractivity (Wildman–Crippen MR) is 116 cm³/mol. The Morgan fingerprint density at radius 1 is 1.19 bits per heavy atom. The number of halogens is 2. The van der Waals surface area contributed by atoms with Crippen LogP contribution in [0.2, 0.25) is 0 Å². The standard InChI is InChI=1S/C20H16BrIN2O3/c1-2-9-24-19(25)17(23-20(24)26)11-14-5-8-18(16(21)10-14)27-12-13-3-6-15(22)7-4-13/h2-8,10-11H,1,9,12H2,(H,23,26)/b17-11+. The number of amides is 3. The molecule has 0 radical (unpaired) electrons. The van der Waals surface area contributed by atoms with Crippen LogP contribution in [0.3, 0.4) is 0 Å². The van der Waals surface area contributed by atoms with Gasteiger partial charge in [-0.05, 0) is 80.0 Å². The van der Waals surface area contributed by atoms with E-state index in [0.717, 1.165) is 20.5 Å². The quantitative estimate of drug-likeness (QED) is 0.251. The average molecular weight is 539 g/mol. The number of nitrogens with one attached hydrogen (secondary N) is 1. The van der Waals surface area contributed by atoms with Crippen molar-refractivity contribution in [2.24, 2.45) is 0 Å². The fraction of sp³-hybridized carbons (Fsp3) is 0.100. The summed E-state index contributed by atoms with van der Waals surface area (Å²) in [6.45, 7) is 4.19. The fourth-order valence-electron chi connectivity index (χ4n) is 2.50. The molecule has 0 aromatic heterocycles. The molecule has 138 valence electrons. The molecule has 1 aliphatic rings. The van der Waals surface area contributed by atoms with Crippen molar-refractivity contribution in [2.45, 2.75) is 6.61 Å². The molecule has 0 spiro atoms. The van der Waals surface area contributed by atoms with Crippen LogP contribution >= 0.6 is 38.5 Å². The Morgan fingerprint density at radius 2 is 1.93 bits per heavy atom. The van der Waals surface area contributed by atoms with Crippen LogP contribution < -0.4 is 10.1 Å². The molecule has 3 rings (SSSR count). The second-order valence-corrected chi connectivity index (χ2v) is 7.90. The first kappa shape index (κ1) is 19.6. The Morgan fingerprint density at radius 3 is 2.59 bits per heavy atom. The van der Waals surface area contributed by atoms with Gasteiger partial charge in [0.1, 0.15) is 18.1 Å². The third-order valence-corrected chi connectivity index (χ3v) is 5.19. The number of carbonyl (C=O) groups excluding carboxylic acids is 2. The van der Waals surface area contributed by atoms with E-state index in [1.807, 2.05) is 42.5 Å². The van der Waals surface area contributed by atoms with Crippen molar-refractivity contribution in [3.05, 3.63) is 80.0 Å². The van der Waals surface area contributed by atoms with Gasteiger partial charge >= 0.3 is 6.03 Å². The minimum atomic E-state index is -0.442. The maximum Gasteiger partial charge on any atom is 0.329 e. The highest BCUT2D eigenvalue weighted by molar-refractivity contribution is 14.1. The highest BCUT2D eigenvalue weighted by Gasteiger charge is 2.32. The van der Waals surface area contributed by atoms with Crippen molar-refractivity contribution in [2.75, 3.05) is 6.54 Å². The van der Waals surface area contributed by atoms with Crippen molar-refractivity contribution >= 4 is 56.5 Å². The molecule has 0 atom stereocenters. The zero-order chi connectivity index (χ0) is 19.4. The molecule has 1 saturated heterocycles.